The lowest BCUT2D eigenvalue weighted by molar-refractivity contribution is -0.152. The van der Waals surface area contributed by atoms with Crippen molar-refractivity contribution in [3.63, 3.8) is 0 Å². The maximum absolute atomic E-state index is 12.5. The quantitative estimate of drug-likeness (QED) is 0.550. The van der Waals surface area contributed by atoms with Gasteiger partial charge in [-0.15, -0.1) is 0 Å². The van der Waals surface area contributed by atoms with E-state index in [2.05, 4.69) is 10.6 Å². The molecule has 6 nitrogen and oxygen atoms in total. The van der Waals surface area contributed by atoms with Crippen molar-refractivity contribution in [2.75, 3.05) is 11.9 Å². The second-order valence-electron chi connectivity index (χ2n) is 6.97. The summed E-state index contributed by atoms with van der Waals surface area (Å²) in [5, 5.41) is 5.32. The first-order valence-corrected chi connectivity index (χ1v) is 9.98. The van der Waals surface area contributed by atoms with E-state index in [9.17, 15) is 14.4 Å². The van der Waals surface area contributed by atoms with Crippen molar-refractivity contribution >= 4 is 23.5 Å². The maximum Gasteiger partial charge on any atom is 0.326 e. The molecule has 3 rings (SSSR count). The zero-order chi connectivity index (χ0) is 22.1. The first-order chi connectivity index (χ1) is 15.0. The van der Waals surface area contributed by atoms with Crippen LogP contribution < -0.4 is 10.6 Å². The minimum Gasteiger partial charge on any atom is -0.451 e. The van der Waals surface area contributed by atoms with Crippen molar-refractivity contribution in [3.8, 4) is 11.1 Å². The summed E-state index contributed by atoms with van der Waals surface area (Å²) in [6.07, 6.45) is -0.845. The molecule has 0 aliphatic carbocycles. The summed E-state index contributed by atoms with van der Waals surface area (Å²) in [6, 6.07) is 26.3. The molecule has 0 saturated carbocycles. The standard InChI is InChI=1S/C25H24N2O4/c1-18(31-24(29)17-26-23(28)16-19-10-4-2-5-11-19)25(30)27-22-15-9-8-14-21(22)20-12-6-3-7-13-20/h2-15,18H,16-17H2,1H3,(H,26,28)(H,27,30)/t18-/m1/s1. The average Bonchev–Trinajstić information content (AvgIpc) is 2.79. The van der Waals surface area contributed by atoms with Crippen LogP contribution in [0, 0.1) is 0 Å². The number of carbonyl (C=O) groups is 3. The number of carbonyl (C=O) groups excluding carboxylic acids is 3. The minimum absolute atomic E-state index is 0.167. The van der Waals surface area contributed by atoms with Gasteiger partial charge >= 0.3 is 5.97 Å². The van der Waals surface area contributed by atoms with Gasteiger partial charge in [-0.3, -0.25) is 14.4 Å². The van der Waals surface area contributed by atoms with Crippen LogP contribution in [0.15, 0.2) is 84.9 Å². The molecular weight excluding hydrogens is 392 g/mol. The van der Waals surface area contributed by atoms with E-state index in [1.807, 2.05) is 78.9 Å². The lowest BCUT2D eigenvalue weighted by atomic mass is 10.0. The highest BCUT2D eigenvalue weighted by molar-refractivity contribution is 5.98. The number of esters is 1. The van der Waals surface area contributed by atoms with Gasteiger partial charge in [-0.2, -0.15) is 0 Å². The highest BCUT2D eigenvalue weighted by atomic mass is 16.5. The minimum atomic E-state index is -1.01. The van der Waals surface area contributed by atoms with Crippen molar-refractivity contribution in [1.82, 2.24) is 5.32 Å². The molecule has 158 valence electrons. The molecule has 0 heterocycles. The van der Waals surface area contributed by atoms with Gasteiger partial charge in [0, 0.05) is 11.3 Å². The van der Waals surface area contributed by atoms with Crippen LogP contribution in [0.25, 0.3) is 11.1 Å². The molecule has 3 aromatic rings. The number of amides is 2. The molecule has 0 fully saturated rings. The van der Waals surface area contributed by atoms with Crippen molar-refractivity contribution < 1.29 is 19.1 Å². The molecule has 2 N–H and O–H groups in total. The van der Waals surface area contributed by atoms with E-state index < -0.39 is 18.0 Å². The van der Waals surface area contributed by atoms with Gasteiger partial charge in [0.15, 0.2) is 6.10 Å². The second-order valence-corrected chi connectivity index (χ2v) is 6.97. The van der Waals surface area contributed by atoms with Crippen LogP contribution in [0.1, 0.15) is 12.5 Å². The van der Waals surface area contributed by atoms with Gasteiger partial charge in [0.2, 0.25) is 5.91 Å². The molecule has 0 saturated heterocycles. The Morgan fingerprint density at radius 3 is 2.16 bits per heavy atom. The zero-order valence-corrected chi connectivity index (χ0v) is 17.2. The summed E-state index contributed by atoms with van der Waals surface area (Å²) >= 11 is 0. The van der Waals surface area contributed by atoms with E-state index in [-0.39, 0.29) is 18.9 Å². The molecule has 0 spiro atoms. The number of nitrogens with one attached hydrogen (secondary N) is 2. The largest absolute Gasteiger partial charge is 0.451 e. The first kappa shape index (κ1) is 21.8. The summed E-state index contributed by atoms with van der Waals surface area (Å²) in [5.41, 5.74) is 3.29. The van der Waals surface area contributed by atoms with E-state index in [1.165, 1.54) is 6.92 Å². The molecule has 6 heteroatoms. The van der Waals surface area contributed by atoms with Gasteiger partial charge in [0.05, 0.1) is 6.42 Å². The summed E-state index contributed by atoms with van der Waals surface area (Å²) in [6.45, 7) is 1.19. The fourth-order valence-electron chi connectivity index (χ4n) is 3.00. The number of hydrogen-bond donors (Lipinski definition) is 2. The maximum atomic E-state index is 12.5. The van der Waals surface area contributed by atoms with Crippen molar-refractivity contribution in [3.05, 3.63) is 90.5 Å². The molecule has 0 aliphatic rings. The third-order valence-electron chi connectivity index (χ3n) is 4.58. The van der Waals surface area contributed by atoms with Crippen LogP contribution in [-0.2, 0) is 25.5 Å². The highest BCUT2D eigenvalue weighted by Gasteiger charge is 2.19. The Morgan fingerprint density at radius 1 is 0.839 bits per heavy atom. The third kappa shape index (κ3) is 6.54. The van der Waals surface area contributed by atoms with Crippen molar-refractivity contribution in [2.24, 2.45) is 0 Å². The topological polar surface area (TPSA) is 84.5 Å². The zero-order valence-electron chi connectivity index (χ0n) is 17.2. The van der Waals surface area contributed by atoms with Gasteiger partial charge in [0.1, 0.15) is 6.54 Å². The Labute approximate surface area is 181 Å². The van der Waals surface area contributed by atoms with Crippen LogP contribution in [-0.4, -0.2) is 30.4 Å². The van der Waals surface area contributed by atoms with E-state index in [0.29, 0.717) is 5.69 Å². The molecule has 2 amide bonds. The van der Waals surface area contributed by atoms with Gasteiger partial charge < -0.3 is 15.4 Å². The van der Waals surface area contributed by atoms with Crippen molar-refractivity contribution in [1.29, 1.82) is 0 Å². The molecular formula is C25H24N2O4. The van der Waals surface area contributed by atoms with E-state index in [4.69, 9.17) is 4.74 Å². The Balaban J connectivity index is 1.51. The van der Waals surface area contributed by atoms with Gasteiger partial charge in [-0.25, -0.2) is 0 Å². The van der Waals surface area contributed by atoms with Crippen LogP contribution in [0.3, 0.4) is 0 Å². The Hall–Kier alpha value is -3.93. The molecule has 3 aromatic carbocycles. The predicted octanol–water partition coefficient (Wildman–Crippen LogP) is 3.58. The lowest BCUT2D eigenvalue weighted by Crippen LogP contribution is -2.36. The molecule has 0 bridgehead atoms. The molecule has 0 radical (unpaired) electrons. The van der Waals surface area contributed by atoms with Gasteiger partial charge in [-0.1, -0.05) is 78.9 Å². The Kier molecular flexibility index (Phi) is 7.54. The Morgan fingerprint density at radius 2 is 1.45 bits per heavy atom. The van der Waals surface area contributed by atoms with Crippen LogP contribution in [0.2, 0.25) is 0 Å². The third-order valence-corrected chi connectivity index (χ3v) is 4.58. The molecule has 31 heavy (non-hydrogen) atoms. The fraction of sp³-hybridized carbons (Fsp3) is 0.160. The van der Waals surface area contributed by atoms with Gasteiger partial charge in [0.25, 0.3) is 5.91 Å². The smallest absolute Gasteiger partial charge is 0.326 e. The highest BCUT2D eigenvalue weighted by Crippen LogP contribution is 2.27. The lowest BCUT2D eigenvalue weighted by Gasteiger charge is -2.16. The Bertz CT molecular complexity index is 1040. The van der Waals surface area contributed by atoms with E-state index >= 15 is 0 Å². The van der Waals surface area contributed by atoms with Crippen LogP contribution in [0.5, 0.6) is 0 Å². The molecule has 1 atom stereocenters. The number of para-hydroxylation sites is 1. The molecule has 0 unspecified atom stereocenters. The van der Waals surface area contributed by atoms with E-state index in [1.54, 1.807) is 6.07 Å². The van der Waals surface area contributed by atoms with Crippen molar-refractivity contribution in [2.45, 2.75) is 19.4 Å². The van der Waals surface area contributed by atoms with Crippen LogP contribution >= 0.6 is 0 Å². The summed E-state index contributed by atoms with van der Waals surface area (Å²) in [4.78, 5) is 36.5. The number of rotatable bonds is 8. The molecule has 0 aromatic heterocycles. The number of hydrogen-bond acceptors (Lipinski definition) is 4. The number of anilines is 1. The van der Waals surface area contributed by atoms with Crippen LogP contribution in [0.4, 0.5) is 5.69 Å². The first-order valence-electron chi connectivity index (χ1n) is 9.98. The SMILES string of the molecule is C[C@@H](OC(=O)CNC(=O)Cc1ccccc1)C(=O)Nc1ccccc1-c1ccccc1. The number of ether oxygens (including phenoxy) is 1. The monoisotopic (exact) mass is 416 g/mol. The normalized spacial score (nSPS) is 11.3. The summed E-state index contributed by atoms with van der Waals surface area (Å²) in [5.74, 6) is -1.43. The molecule has 0 aliphatic heterocycles. The van der Waals surface area contributed by atoms with Gasteiger partial charge in [-0.05, 0) is 24.1 Å². The van der Waals surface area contributed by atoms with E-state index in [0.717, 1.165) is 16.7 Å². The predicted molar refractivity (Wildman–Crippen MR) is 119 cm³/mol. The fourth-order valence-corrected chi connectivity index (χ4v) is 3.00. The number of benzene rings is 3. The summed E-state index contributed by atoms with van der Waals surface area (Å²) in [7, 11) is 0. The second kappa shape index (κ2) is 10.7. The average molecular weight is 416 g/mol. The summed E-state index contributed by atoms with van der Waals surface area (Å²) < 4.78 is 5.16.